The Morgan fingerprint density at radius 2 is 1.93 bits per heavy atom. The van der Waals surface area contributed by atoms with Crippen LogP contribution in [0.4, 0.5) is 0 Å². The number of aromatic nitrogens is 1. The van der Waals surface area contributed by atoms with Gasteiger partial charge >= 0.3 is 5.97 Å². The van der Waals surface area contributed by atoms with Crippen LogP contribution in [0.25, 0.3) is 0 Å². The average Bonchev–Trinajstić information content (AvgIpc) is 2.49. The van der Waals surface area contributed by atoms with Crippen molar-refractivity contribution in [2.24, 2.45) is 5.73 Å². The number of carbonyl (C=O) groups is 1. The van der Waals surface area contributed by atoms with Gasteiger partial charge in [0.2, 0.25) is 0 Å². The van der Waals surface area contributed by atoms with E-state index in [0.717, 1.165) is 4.57 Å². The smallest absolute Gasteiger partial charge is 0.326 e. The van der Waals surface area contributed by atoms with Crippen molar-refractivity contribution in [3.63, 3.8) is 0 Å². The van der Waals surface area contributed by atoms with E-state index >= 15 is 0 Å². The number of carboxylic acid groups (broad SMARTS) is 1. The number of aromatic hydroxyl groups is 2. The monoisotopic (exact) mass is 214 g/mol. The van der Waals surface area contributed by atoms with Crippen molar-refractivity contribution >= 4 is 5.97 Å². The zero-order valence-corrected chi connectivity index (χ0v) is 8.13. The van der Waals surface area contributed by atoms with Crippen molar-refractivity contribution in [1.82, 2.24) is 4.57 Å². The van der Waals surface area contributed by atoms with E-state index < -0.39 is 12.0 Å². The van der Waals surface area contributed by atoms with Gasteiger partial charge in [0.15, 0.2) is 11.8 Å². The van der Waals surface area contributed by atoms with Gasteiger partial charge in [-0.05, 0) is 19.4 Å². The van der Waals surface area contributed by atoms with Crippen LogP contribution in [0.15, 0.2) is 12.1 Å². The second-order valence-corrected chi connectivity index (χ2v) is 3.20. The molecule has 5 N–H and O–H groups in total. The predicted molar refractivity (Wildman–Crippen MR) is 52.7 cm³/mol. The minimum absolute atomic E-state index is 0.266. The Morgan fingerprint density at radius 3 is 2.33 bits per heavy atom. The largest absolute Gasteiger partial charge is 0.494 e. The van der Waals surface area contributed by atoms with E-state index in [1.165, 1.54) is 12.1 Å². The van der Waals surface area contributed by atoms with Crippen molar-refractivity contribution in [3.8, 4) is 11.8 Å². The van der Waals surface area contributed by atoms with Gasteiger partial charge in [0.25, 0.3) is 0 Å². The summed E-state index contributed by atoms with van der Waals surface area (Å²) in [5.41, 5.74) is 5.28. The Kier molecular flexibility index (Phi) is 3.56. The Bertz CT molecular complexity index is 328. The fraction of sp³-hybridized carbons (Fsp3) is 0.444. The molecule has 1 rings (SSSR count). The first kappa shape index (κ1) is 11.4. The molecule has 0 aliphatic rings. The van der Waals surface area contributed by atoms with E-state index in [9.17, 15) is 15.0 Å². The SMILES string of the molecule is NCCC[C@@H](C(=O)O)n1c(O)ccc1O. The van der Waals surface area contributed by atoms with Gasteiger partial charge in [0, 0.05) is 12.1 Å². The zero-order chi connectivity index (χ0) is 11.4. The summed E-state index contributed by atoms with van der Waals surface area (Å²) in [7, 11) is 0. The van der Waals surface area contributed by atoms with E-state index in [1.54, 1.807) is 0 Å². The van der Waals surface area contributed by atoms with Crippen LogP contribution in [-0.4, -0.2) is 32.4 Å². The van der Waals surface area contributed by atoms with Crippen LogP contribution in [0.3, 0.4) is 0 Å². The molecule has 0 saturated carbocycles. The summed E-state index contributed by atoms with van der Waals surface area (Å²) in [5.74, 6) is -1.64. The molecule has 0 bridgehead atoms. The summed E-state index contributed by atoms with van der Waals surface area (Å²) in [5, 5.41) is 27.7. The highest BCUT2D eigenvalue weighted by molar-refractivity contribution is 5.72. The van der Waals surface area contributed by atoms with Crippen molar-refractivity contribution in [2.75, 3.05) is 6.54 Å². The van der Waals surface area contributed by atoms with Crippen LogP contribution < -0.4 is 5.73 Å². The molecule has 0 aliphatic heterocycles. The lowest BCUT2D eigenvalue weighted by Gasteiger charge is -2.15. The number of nitrogens with zero attached hydrogens (tertiary/aromatic N) is 1. The third kappa shape index (κ3) is 2.41. The number of rotatable bonds is 5. The molecule has 84 valence electrons. The van der Waals surface area contributed by atoms with Crippen LogP contribution in [0, 0.1) is 0 Å². The summed E-state index contributed by atoms with van der Waals surface area (Å²) in [6, 6.07) is 1.50. The first-order valence-corrected chi connectivity index (χ1v) is 4.60. The number of nitrogens with two attached hydrogens (primary N) is 1. The van der Waals surface area contributed by atoms with Crippen molar-refractivity contribution in [1.29, 1.82) is 0 Å². The molecular formula is C9H14N2O4. The lowest BCUT2D eigenvalue weighted by atomic mass is 10.1. The molecule has 1 aromatic rings. The Balaban J connectivity index is 2.93. The third-order valence-corrected chi connectivity index (χ3v) is 2.15. The minimum atomic E-state index is -1.11. The maximum absolute atomic E-state index is 10.9. The topological polar surface area (TPSA) is 109 Å². The normalized spacial score (nSPS) is 12.6. The lowest BCUT2D eigenvalue weighted by Crippen LogP contribution is -2.19. The molecule has 6 heteroatoms. The highest BCUT2D eigenvalue weighted by atomic mass is 16.4. The van der Waals surface area contributed by atoms with Crippen molar-refractivity contribution in [2.45, 2.75) is 18.9 Å². The number of carboxylic acids is 1. The van der Waals surface area contributed by atoms with Gasteiger partial charge in [-0.2, -0.15) is 0 Å². The molecule has 0 fully saturated rings. The number of aliphatic carboxylic acids is 1. The van der Waals surface area contributed by atoms with Crippen molar-refractivity contribution in [3.05, 3.63) is 12.1 Å². The zero-order valence-electron chi connectivity index (χ0n) is 8.13. The van der Waals surface area contributed by atoms with Gasteiger partial charge < -0.3 is 21.1 Å². The second kappa shape index (κ2) is 4.70. The molecule has 1 heterocycles. The van der Waals surface area contributed by atoms with Gasteiger partial charge in [0.1, 0.15) is 6.04 Å². The number of hydrogen-bond donors (Lipinski definition) is 4. The fourth-order valence-corrected chi connectivity index (χ4v) is 1.42. The van der Waals surface area contributed by atoms with Gasteiger partial charge in [-0.25, -0.2) is 4.79 Å². The molecule has 0 spiro atoms. The highest BCUT2D eigenvalue weighted by Gasteiger charge is 2.23. The maximum Gasteiger partial charge on any atom is 0.326 e. The standard InChI is InChI=1S/C9H14N2O4/c10-5-1-2-6(9(14)15)11-7(12)3-4-8(11)13/h3-4,6,12-13H,1-2,5,10H2,(H,14,15)/t6-/m0/s1. The van der Waals surface area contributed by atoms with Crippen LogP contribution in [0.1, 0.15) is 18.9 Å². The quantitative estimate of drug-likeness (QED) is 0.562. The Morgan fingerprint density at radius 1 is 1.40 bits per heavy atom. The van der Waals surface area contributed by atoms with Gasteiger partial charge in [-0.1, -0.05) is 0 Å². The molecule has 6 nitrogen and oxygen atoms in total. The van der Waals surface area contributed by atoms with E-state index in [4.69, 9.17) is 10.8 Å². The van der Waals surface area contributed by atoms with Crippen LogP contribution in [0.5, 0.6) is 11.8 Å². The van der Waals surface area contributed by atoms with E-state index in [0.29, 0.717) is 13.0 Å². The molecule has 1 aromatic heterocycles. The van der Waals surface area contributed by atoms with Gasteiger partial charge in [-0.15, -0.1) is 0 Å². The maximum atomic E-state index is 10.9. The molecule has 0 unspecified atom stereocenters. The van der Waals surface area contributed by atoms with Gasteiger partial charge in [0.05, 0.1) is 0 Å². The van der Waals surface area contributed by atoms with E-state index in [1.807, 2.05) is 0 Å². The average molecular weight is 214 g/mol. The molecule has 1 atom stereocenters. The summed E-state index contributed by atoms with van der Waals surface area (Å²) in [6.07, 6.45) is 0.773. The summed E-state index contributed by atoms with van der Waals surface area (Å²) >= 11 is 0. The molecular weight excluding hydrogens is 200 g/mol. The fourth-order valence-electron chi connectivity index (χ4n) is 1.42. The molecule has 0 radical (unpaired) electrons. The molecule has 0 aliphatic carbocycles. The summed E-state index contributed by atoms with van der Waals surface area (Å²) in [6.45, 7) is 0.368. The molecule has 0 amide bonds. The minimum Gasteiger partial charge on any atom is -0.494 e. The Labute approximate surface area is 86.6 Å². The van der Waals surface area contributed by atoms with E-state index in [-0.39, 0.29) is 18.2 Å². The van der Waals surface area contributed by atoms with Crippen LogP contribution >= 0.6 is 0 Å². The highest BCUT2D eigenvalue weighted by Crippen LogP contribution is 2.29. The molecule has 0 aromatic carbocycles. The molecule has 15 heavy (non-hydrogen) atoms. The number of hydrogen-bond acceptors (Lipinski definition) is 4. The second-order valence-electron chi connectivity index (χ2n) is 3.20. The van der Waals surface area contributed by atoms with Gasteiger partial charge in [-0.3, -0.25) is 4.57 Å². The third-order valence-electron chi connectivity index (χ3n) is 2.15. The van der Waals surface area contributed by atoms with Crippen LogP contribution in [0.2, 0.25) is 0 Å². The summed E-state index contributed by atoms with van der Waals surface area (Å²) < 4.78 is 0.970. The summed E-state index contributed by atoms with van der Waals surface area (Å²) in [4.78, 5) is 10.9. The Hall–Kier alpha value is -1.69. The first-order valence-electron chi connectivity index (χ1n) is 4.60. The lowest BCUT2D eigenvalue weighted by molar-refractivity contribution is -0.141. The van der Waals surface area contributed by atoms with Crippen molar-refractivity contribution < 1.29 is 20.1 Å². The molecule has 0 saturated heterocycles. The predicted octanol–water partition coefficient (Wildman–Crippen LogP) is 0.264. The first-order chi connectivity index (χ1) is 7.07. The van der Waals surface area contributed by atoms with E-state index in [2.05, 4.69) is 0 Å². The van der Waals surface area contributed by atoms with Crippen LogP contribution in [-0.2, 0) is 4.79 Å².